The van der Waals surface area contributed by atoms with E-state index in [0.717, 1.165) is 12.1 Å². The maximum absolute atomic E-state index is 12.9. The van der Waals surface area contributed by atoms with Crippen molar-refractivity contribution in [2.45, 2.75) is 13.0 Å². The third-order valence-electron chi connectivity index (χ3n) is 5.74. The van der Waals surface area contributed by atoms with Gasteiger partial charge < -0.3 is 19.3 Å². The van der Waals surface area contributed by atoms with E-state index >= 15 is 0 Å². The summed E-state index contributed by atoms with van der Waals surface area (Å²) in [5.74, 6) is 1.35. The van der Waals surface area contributed by atoms with E-state index in [2.05, 4.69) is 12.1 Å². The van der Waals surface area contributed by atoms with Gasteiger partial charge in [0.15, 0.2) is 11.5 Å². The molecule has 7 heteroatoms. The van der Waals surface area contributed by atoms with Gasteiger partial charge in [-0.1, -0.05) is 24.3 Å². The fourth-order valence-corrected chi connectivity index (χ4v) is 4.14. The van der Waals surface area contributed by atoms with Crippen LogP contribution in [0.4, 0.5) is 10.5 Å². The second kappa shape index (κ2) is 7.31. The van der Waals surface area contributed by atoms with Crippen LogP contribution in [0, 0.1) is 0 Å². The third kappa shape index (κ3) is 3.37. The Morgan fingerprint density at radius 1 is 0.931 bits per heavy atom. The van der Waals surface area contributed by atoms with Crippen LogP contribution in [0.2, 0.25) is 0 Å². The Hall–Kier alpha value is -3.22. The van der Waals surface area contributed by atoms with Gasteiger partial charge in [-0.2, -0.15) is 0 Å². The summed E-state index contributed by atoms with van der Waals surface area (Å²) in [5.41, 5.74) is 3.26. The SMILES string of the molecule is O=C(CN1CCN(c2ccc3c(c2)OCCO3)C1=O)N1CCc2ccccc2C1. The molecule has 3 amide bonds. The van der Waals surface area contributed by atoms with Gasteiger partial charge in [-0.15, -0.1) is 0 Å². The lowest BCUT2D eigenvalue weighted by molar-refractivity contribution is -0.132. The van der Waals surface area contributed by atoms with E-state index in [9.17, 15) is 9.59 Å². The lowest BCUT2D eigenvalue weighted by Crippen LogP contribution is -2.44. The van der Waals surface area contributed by atoms with Gasteiger partial charge in [0.05, 0.1) is 0 Å². The molecule has 0 unspecified atom stereocenters. The quantitative estimate of drug-likeness (QED) is 0.803. The van der Waals surface area contributed by atoms with Crippen molar-refractivity contribution in [3.05, 3.63) is 53.6 Å². The van der Waals surface area contributed by atoms with Gasteiger partial charge in [0.1, 0.15) is 19.8 Å². The lowest BCUT2D eigenvalue weighted by atomic mass is 10.00. The minimum absolute atomic E-state index is 0.00289. The molecule has 3 heterocycles. The molecule has 0 bridgehead atoms. The molecule has 150 valence electrons. The molecule has 0 saturated carbocycles. The van der Waals surface area contributed by atoms with Gasteiger partial charge in [-0.25, -0.2) is 4.79 Å². The minimum Gasteiger partial charge on any atom is -0.486 e. The number of rotatable bonds is 3. The van der Waals surface area contributed by atoms with Gasteiger partial charge in [-0.3, -0.25) is 9.69 Å². The van der Waals surface area contributed by atoms with Gasteiger partial charge in [-0.05, 0) is 29.7 Å². The number of ether oxygens (including phenoxy) is 2. The highest BCUT2D eigenvalue weighted by atomic mass is 16.6. The van der Waals surface area contributed by atoms with E-state index in [1.54, 1.807) is 9.80 Å². The van der Waals surface area contributed by atoms with Crippen LogP contribution in [0.25, 0.3) is 0 Å². The predicted octanol–water partition coefficient (Wildman–Crippen LogP) is 2.28. The second-order valence-corrected chi connectivity index (χ2v) is 7.52. The summed E-state index contributed by atoms with van der Waals surface area (Å²) < 4.78 is 11.2. The molecule has 7 nitrogen and oxygen atoms in total. The minimum atomic E-state index is -0.146. The fourth-order valence-electron chi connectivity index (χ4n) is 4.14. The monoisotopic (exact) mass is 393 g/mol. The number of fused-ring (bicyclic) bond motifs is 2. The van der Waals surface area contributed by atoms with E-state index in [4.69, 9.17) is 9.47 Å². The van der Waals surface area contributed by atoms with Crippen molar-refractivity contribution in [3.63, 3.8) is 0 Å². The predicted molar refractivity (Wildman–Crippen MR) is 107 cm³/mol. The molecule has 2 aromatic carbocycles. The summed E-state index contributed by atoms with van der Waals surface area (Å²) in [6, 6.07) is 13.6. The molecule has 1 fully saturated rings. The Morgan fingerprint density at radius 3 is 2.59 bits per heavy atom. The van der Waals surface area contributed by atoms with Crippen molar-refractivity contribution < 1.29 is 19.1 Å². The number of urea groups is 1. The Kier molecular flexibility index (Phi) is 4.50. The van der Waals surface area contributed by atoms with E-state index in [1.165, 1.54) is 11.1 Å². The average Bonchev–Trinajstić information content (AvgIpc) is 3.13. The molecule has 0 aliphatic carbocycles. The highest BCUT2D eigenvalue weighted by Gasteiger charge is 2.33. The molecule has 3 aliphatic heterocycles. The number of benzene rings is 2. The number of carbonyl (C=O) groups is 2. The summed E-state index contributed by atoms with van der Waals surface area (Å²) in [4.78, 5) is 30.9. The van der Waals surface area contributed by atoms with Crippen LogP contribution < -0.4 is 14.4 Å². The number of amides is 3. The van der Waals surface area contributed by atoms with Crippen LogP contribution >= 0.6 is 0 Å². The summed E-state index contributed by atoms with van der Waals surface area (Å²) >= 11 is 0. The molecular formula is C22H23N3O4. The zero-order chi connectivity index (χ0) is 19.8. The first-order valence-corrected chi connectivity index (χ1v) is 10.00. The number of hydrogen-bond donors (Lipinski definition) is 0. The van der Waals surface area contributed by atoms with Crippen molar-refractivity contribution in [1.82, 2.24) is 9.80 Å². The van der Waals surface area contributed by atoms with Gasteiger partial charge in [0, 0.05) is 37.9 Å². The normalized spacial score (nSPS) is 18.1. The molecule has 0 radical (unpaired) electrons. The molecule has 3 aliphatic rings. The first-order chi connectivity index (χ1) is 14.2. The lowest BCUT2D eigenvalue weighted by Gasteiger charge is -2.30. The zero-order valence-corrected chi connectivity index (χ0v) is 16.2. The molecule has 0 aromatic heterocycles. The Labute approximate surface area is 169 Å². The molecule has 0 N–H and O–H groups in total. The van der Waals surface area contributed by atoms with E-state index in [0.29, 0.717) is 50.9 Å². The topological polar surface area (TPSA) is 62.3 Å². The first-order valence-electron chi connectivity index (χ1n) is 10.00. The maximum atomic E-state index is 12.9. The van der Waals surface area contributed by atoms with Gasteiger partial charge in [0.25, 0.3) is 0 Å². The molecule has 0 atom stereocenters. The van der Waals surface area contributed by atoms with Crippen LogP contribution in [-0.4, -0.2) is 61.1 Å². The van der Waals surface area contributed by atoms with E-state index in [-0.39, 0.29) is 18.5 Å². The number of carbonyl (C=O) groups excluding carboxylic acids is 2. The van der Waals surface area contributed by atoms with Crippen molar-refractivity contribution >= 4 is 17.6 Å². The molecule has 2 aromatic rings. The summed E-state index contributed by atoms with van der Waals surface area (Å²) in [6.45, 7) is 3.54. The Balaban J connectivity index is 1.24. The van der Waals surface area contributed by atoms with Gasteiger partial charge >= 0.3 is 6.03 Å². The third-order valence-corrected chi connectivity index (χ3v) is 5.74. The maximum Gasteiger partial charge on any atom is 0.325 e. The molecule has 5 rings (SSSR count). The van der Waals surface area contributed by atoms with Crippen LogP contribution in [0.1, 0.15) is 11.1 Å². The zero-order valence-electron chi connectivity index (χ0n) is 16.2. The number of hydrogen-bond acceptors (Lipinski definition) is 4. The van der Waals surface area contributed by atoms with Crippen LogP contribution in [0.15, 0.2) is 42.5 Å². The molecule has 29 heavy (non-hydrogen) atoms. The highest BCUT2D eigenvalue weighted by molar-refractivity contribution is 5.96. The summed E-state index contributed by atoms with van der Waals surface area (Å²) in [6.07, 6.45) is 0.860. The largest absolute Gasteiger partial charge is 0.486 e. The van der Waals surface area contributed by atoms with Crippen molar-refractivity contribution in [2.75, 3.05) is 44.3 Å². The van der Waals surface area contributed by atoms with Crippen molar-refractivity contribution in [1.29, 1.82) is 0 Å². The smallest absolute Gasteiger partial charge is 0.325 e. The van der Waals surface area contributed by atoms with Crippen molar-refractivity contribution in [2.24, 2.45) is 0 Å². The molecule has 0 spiro atoms. The van der Waals surface area contributed by atoms with Crippen LogP contribution in [0.3, 0.4) is 0 Å². The average molecular weight is 393 g/mol. The van der Waals surface area contributed by atoms with Crippen LogP contribution in [-0.2, 0) is 17.8 Å². The molecular weight excluding hydrogens is 370 g/mol. The standard InChI is InChI=1S/C22H23N3O4/c26-21(23-8-7-16-3-1-2-4-17(16)14-23)15-24-9-10-25(22(24)27)18-5-6-19-20(13-18)29-12-11-28-19/h1-6,13H,7-12,14-15H2. The van der Waals surface area contributed by atoms with E-state index < -0.39 is 0 Å². The Morgan fingerprint density at radius 2 is 1.72 bits per heavy atom. The van der Waals surface area contributed by atoms with E-state index in [1.807, 2.05) is 35.2 Å². The second-order valence-electron chi connectivity index (χ2n) is 7.52. The first kappa shape index (κ1) is 17.8. The molecule has 1 saturated heterocycles. The van der Waals surface area contributed by atoms with Crippen molar-refractivity contribution in [3.8, 4) is 11.5 Å². The summed E-state index contributed by atoms with van der Waals surface area (Å²) in [7, 11) is 0. The number of anilines is 1. The number of nitrogens with zero attached hydrogens (tertiary/aromatic N) is 3. The summed E-state index contributed by atoms with van der Waals surface area (Å²) in [5, 5.41) is 0. The fraction of sp³-hybridized carbons (Fsp3) is 0.364. The highest BCUT2D eigenvalue weighted by Crippen LogP contribution is 2.35. The Bertz CT molecular complexity index is 961. The van der Waals surface area contributed by atoms with Crippen LogP contribution in [0.5, 0.6) is 11.5 Å². The van der Waals surface area contributed by atoms with Gasteiger partial charge in [0.2, 0.25) is 5.91 Å².